The third-order valence-corrected chi connectivity index (χ3v) is 5.60. The number of para-hydroxylation sites is 1. The van der Waals surface area contributed by atoms with E-state index < -0.39 is 0 Å². The SMILES string of the molecule is Cc1[nH]n(-c2ccccc2)c(=O)c1C1CCCN1C(=O)Nc1ccc(Br)cc1. The minimum absolute atomic E-state index is 0.1000. The Balaban J connectivity index is 1.62. The van der Waals surface area contributed by atoms with Crippen molar-refractivity contribution < 1.29 is 4.79 Å². The summed E-state index contributed by atoms with van der Waals surface area (Å²) < 4.78 is 2.50. The summed E-state index contributed by atoms with van der Waals surface area (Å²) in [5.74, 6) is 0. The van der Waals surface area contributed by atoms with Crippen molar-refractivity contribution >= 4 is 27.6 Å². The molecule has 0 radical (unpaired) electrons. The topological polar surface area (TPSA) is 70.1 Å². The van der Waals surface area contributed by atoms with E-state index in [0.29, 0.717) is 12.1 Å². The highest BCUT2D eigenvalue weighted by Gasteiger charge is 2.34. The maximum atomic E-state index is 13.1. The molecule has 1 atom stereocenters. The molecule has 0 spiro atoms. The van der Waals surface area contributed by atoms with Gasteiger partial charge in [-0.05, 0) is 56.2 Å². The molecule has 3 aromatic rings. The third-order valence-electron chi connectivity index (χ3n) is 5.07. The zero-order valence-corrected chi connectivity index (χ0v) is 17.1. The van der Waals surface area contributed by atoms with Crippen LogP contribution in [0.1, 0.15) is 30.1 Å². The number of amides is 2. The highest BCUT2D eigenvalue weighted by atomic mass is 79.9. The second kappa shape index (κ2) is 7.67. The fourth-order valence-electron chi connectivity index (χ4n) is 3.75. The fraction of sp³-hybridized carbons (Fsp3) is 0.238. The van der Waals surface area contributed by atoms with Crippen molar-refractivity contribution in [3.05, 3.63) is 80.7 Å². The lowest BCUT2D eigenvalue weighted by Crippen LogP contribution is -2.36. The predicted octanol–water partition coefficient (Wildman–Crippen LogP) is 4.61. The van der Waals surface area contributed by atoms with Crippen molar-refractivity contribution in [1.82, 2.24) is 14.7 Å². The van der Waals surface area contributed by atoms with E-state index in [4.69, 9.17) is 0 Å². The number of hydrogen-bond donors (Lipinski definition) is 2. The Kier molecular flexibility index (Phi) is 5.09. The largest absolute Gasteiger partial charge is 0.322 e. The smallest absolute Gasteiger partial charge is 0.317 e. The number of aryl methyl sites for hydroxylation is 1. The van der Waals surface area contributed by atoms with Crippen molar-refractivity contribution in [3.63, 3.8) is 0 Å². The predicted molar refractivity (Wildman–Crippen MR) is 113 cm³/mol. The van der Waals surface area contributed by atoms with E-state index >= 15 is 0 Å². The number of carbonyl (C=O) groups is 1. The zero-order chi connectivity index (χ0) is 19.7. The molecule has 1 aliphatic rings. The summed E-state index contributed by atoms with van der Waals surface area (Å²) >= 11 is 3.39. The average molecular weight is 441 g/mol. The number of benzene rings is 2. The quantitative estimate of drug-likeness (QED) is 0.624. The monoisotopic (exact) mass is 440 g/mol. The van der Waals surface area contributed by atoms with E-state index in [1.165, 1.54) is 0 Å². The van der Waals surface area contributed by atoms with Crippen LogP contribution in [0.2, 0.25) is 0 Å². The molecule has 1 unspecified atom stereocenters. The number of halogens is 1. The van der Waals surface area contributed by atoms with Crippen LogP contribution < -0.4 is 10.9 Å². The molecule has 1 aliphatic heterocycles. The number of likely N-dealkylation sites (tertiary alicyclic amines) is 1. The second-order valence-electron chi connectivity index (χ2n) is 6.92. The van der Waals surface area contributed by atoms with E-state index in [-0.39, 0.29) is 17.6 Å². The molecule has 144 valence electrons. The molecule has 28 heavy (non-hydrogen) atoms. The van der Waals surface area contributed by atoms with Crippen LogP contribution in [-0.4, -0.2) is 27.3 Å². The number of aromatic amines is 1. The number of aromatic nitrogens is 2. The van der Waals surface area contributed by atoms with Crippen molar-refractivity contribution in [2.45, 2.75) is 25.8 Å². The summed E-state index contributed by atoms with van der Waals surface area (Å²) in [5, 5.41) is 6.10. The molecular weight excluding hydrogens is 420 g/mol. The molecule has 7 heteroatoms. The molecule has 0 saturated carbocycles. The highest BCUT2D eigenvalue weighted by Crippen LogP contribution is 2.32. The first-order valence-corrected chi connectivity index (χ1v) is 10.0. The van der Waals surface area contributed by atoms with Crippen molar-refractivity contribution in [2.24, 2.45) is 0 Å². The summed E-state index contributed by atoms with van der Waals surface area (Å²) in [6.07, 6.45) is 1.64. The lowest BCUT2D eigenvalue weighted by atomic mass is 10.1. The zero-order valence-electron chi connectivity index (χ0n) is 15.5. The fourth-order valence-corrected chi connectivity index (χ4v) is 4.01. The third kappa shape index (κ3) is 3.49. The van der Waals surface area contributed by atoms with Gasteiger partial charge in [-0.25, -0.2) is 9.48 Å². The van der Waals surface area contributed by atoms with Gasteiger partial charge in [0.15, 0.2) is 0 Å². The van der Waals surface area contributed by atoms with Crippen molar-refractivity contribution in [1.29, 1.82) is 0 Å². The average Bonchev–Trinajstić information content (AvgIpc) is 3.28. The minimum Gasteiger partial charge on any atom is -0.317 e. The van der Waals surface area contributed by atoms with Crippen molar-refractivity contribution in [3.8, 4) is 5.69 Å². The Morgan fingerprint density at radius 1 is 1.14 bits per heavy atom. The first-order valence-electron chi connectivity index (χ1n) is 9.25. The van der Waals surface area contributed by atoms with Crippen molar-refractivity contribution in [2.75, 3.05) is 11.9 Å². The van der Waals surface area contributed by atoms with Crippen LogP contribution in [0.5, 0.6) is 0 Å². The van der Waals surface area contributed by atoms with Gasteiger partial charge in [-0.15, -0.1) is 0 Å². The molecule has 2 heterocycles. The lowest BCUT2D eigenvalue weighted by molar-refractivity contribution is 0.206. The van der Waals surface area contributed by atoms with Crippen LogP contribution in [0, 0.1) is 6.92 Å². The van der Waals surface area contributed by atoms with E-state index in [1.807, 2.05) is 61.5 Å². The molecule has 6 nitrogen and oxygen atoms in total. The number of anilines is 1. The molecular formula is C21H21BrN4O2. The molecule has 2 aromatic carbocycles. The maximum absolute atomic E-state index is 13.1. The Morgan fingerprint density at radius 2 is 1.86 bits per heavy atom. The molecule has 4 rings (SSSR count). The minimum atomic E-state index is -0.232. The van der Waals surface area contributed by atoms with Gasteiger partial charge in [-0.3, -0.25) is 9.89 Å². The Bertz CT molecular complexity index is 1040. The van der Waals surface area contributed by atoms with Crippen LogP contribution in [0.25, 0.3) is 5.69 Å². The summed E-state index contributed by atoms with van der Waals surface area (Å²) in [6, 6.07) is 16.5. The molecule has 2 N–H and O–H groups in total. The Labute approximate surface area is 171 Å². The molecule has 1 saturated heterocycles. The number of H-pyrrole nitrogens is 1. The first kappa shape index (κ1) is 18.6. The van der Waals surface area contributed by atoms with Crippen LogP contribution in [0.4, 0.5) is 10.5 Å². The standard InChI is InChI=1S/C21H21BrN4O2/c1-14-19(20(27)26(24-14)17-6-3-2-4-7-17)18-8-5-13-25(18)21(28)23-16-11-9-15(22)10-12-16/h2-4,6-7,9-12,18,24H,5,8,13H2,1H3,(H,23,28). The Morgan fingerprint density at radius 3 is 2.57 bits per heavy atom. The first-order chi connectivity index (χ1) is 13.5. The molecule has 0 bridgehead atoms. The highest BCUT2D eigenvalue weighted by molar-refractivity contribution is 9.10. The van der Waals surface area contributed by atoms with Gasteiger partial charge in [-0.1, -0.05) is 34.1 Å². The summed E-state index contributed by atoms with van der Waals surface area (Å²) in [4.78, 5) is 27.7. The van der Waals surface area contributed by atoms with Gasteiger partial charge in [0.2, 0.25) is 0 Å². The van der Waals surface area contributed by atoms with Gasteiger partial charge < -0.3 is 10.2 Å². The van der Waals surface area contributed by atoms with Gasteiger partial charge in [-0.2, -0.15) is 0 Å². The van der Waals surface area contributed by atoms with Crippen LogP contribution in [0.3, 0.4) is 0 Å². The van der Waals surface area contributed by atoms with Gasteiger partial charge >= 0.3 is 6.03 Å². The van der Waals surface area contributed by atoms with Crippen LogP contribution in [-0.2, 0) is 0 Å². The van der Waals surface area contributed by atoms with Gasteiger partial charge in [0, 0.05) is 22.4 Å². The van der Waals surface area contributed by atoms with Crippen LogP contribution >= 0.6 is 15.9 Å². The number of nitrogens with zero attached hydrogens (tertiary/aromatic N) is 2. The molecule has 2 amide bonds. The molecule has 0 aliphatic carbocycles. The van der Waals surface area contributed by atoms with E-state index in [0.717, 1.165) is 34.4 Å². The number of rotatable bonds is 3. The van der Waals surface area contributed by atoms with Crippen LogP contribution in [0.15, 0.2) is 63.9 Å². The van der Waals surface area contributed by atoms with Gasteiger partial charge in [0.05, 0.1) is 17.3 Å². The number of nitrogens with one attached hydrogen (secondary N) is 2. The normalized spacial score (nSPS) is 16.4. The molecule has 1 fully saturated rings. The van der Waals surface area contributed by atoms with Gasteiger partial charge in [0.1, 0.15) is 0 Å². The Hall–Kier alpha value is -2.80. The summed E-state index contributed by atoms with van der Waals surface area (Å²) in [7, 11) is 0. The number of urea groups is 1. The van der Waals surface area contributed by atoms with Gasteiger partial charge in [0.25, 0.3) is 5.56 Å². The number of carbonyl (C=O) groups excluding carboxylic acids is 1. The number of hydrogen-bond acceptors (Lipinski definition) is 2. The lowest BCUT2D eigenvalue weighted by Gasteiger charge is -2.24. The summed E-state index contributed by atoms with van der Waals surface area (Å²) in [5.41, 5.74) is 2.86. The van der Waals surface area contributed by atoms with E-state index in [1.54, 1.807) is 9.58 Å². The second-order valence-corrected chi connectivity index (χ2v) is 7.83. The van der Waals surface area contributed by atoms with E-state index in [2.05, 4.69) is 26.3 Å². The maximum Gasteiger partial charge on any atom is 0.322 e. The van der Waals surface area contributed by atoms with E-state index in [9.17, 15) is 9.59 Å². The molecule has 1 aromatic heterocycles. The summed E-state index contributed by atoms with van der Waals surface area (Å²) in [6.45, 7) is 2.52.